The van der Waals surface area contributed by atoms with Gasteiger partial charge in [-0.2, -0.15) is 5.21 Å². The molecule has 0 bridgehead atoms. The number of hydrogen-bond donors (Lipinski definition) is 1. The van der Waals surface area contributed by atoms with Crippen LogP contribution in [-0.2, 0) is 24.2 Å². The zero-order valence-corrected chi connectivity index (χ0v) is 21.7. The number of H-pyrrole nitrogens is 1. The van der Waals surface area contributed by atoms with Crippen LogP contribution in [0.3, 0.4) is 0 Å². The molecule has 0 saturated carbocycles. The van der Waals surface area contributed by atoms with Crippen molar-refractivity contribution in [1.82, 2.24) is 35.2 Å². The Balaban J connectivity index is 1.41. The number of pyridine rings is 1. The third-order valence-electron chi connectivity index (χ3n) is 7.17. The first-order valence-corrected chi connectivity index (χ1v) is 13.0. The lowest BCUT2D eigenvalue weighted by Gasteiger charge is -2.18. The Morgan fingerprint density at radius 2 is 1.92 bits per heavy atom. The van der Waals surface area contributed by atoms with Gasteiger partial charge in [-0.25, -0.2) is 9.97 Å². The summed E-state index contributed by atoms with van der Waals surface area (Å²) < 4.78 is 8.25. The molecule has 0 unspecified atom stereocenters. The van der Waals surface area contributed by atoms with Crippen LogP contribution >= 0.6 is 0 Å². The van der Waals surface area contributed by atoms with Crippen molar-refractivity contribution in [1.29, 1.82) is 0 Å². The number of aromatic nitrogens is 7. The van der Waals surface area contributed by atoms with Gasteiger partial charge in [-0.3, -0.25) is 0 Å². The molecule has 1 atom stereocenters. The fourth-order valence-corrected chi connectivity index (χ4v) is 5.47. The maximum Gasteiger partial charge on any atom is 0.205 e. The molecule has 1 aliphatic rings. The summed E-state index contributed by atoms with van der Waals surface area (Å²) in [7, 11) is 0. The maximum absolute atomic E-state index is 5.87. The van der Waals surface area contributed by atoms with Crippen molar-refractivity contribution >= 4 is 11.2 Å². The Morgan fingerprint density at radius 3 is 2.68 bits per heavy atom. The second kappa shape index (κ2) is 9.52. The molecule has 1 N–H and O–H groups in total. The van der Waals surface area contributed by atoms with E-state index in [1.165, 1.54) is 11.1 Å². The first-order chi connectivity index (χ1) is 18.0. The van der Waals surface area contributed by atoms with Crippen LogP contribution in [0.1, 0.15) is 61.4 Å². The van der Waals surface area contributed by atoms with E-state index in [4.69, 9.17) is 14.7 Å². The minimum atomic E-state index is 0.162. The fourth-order valence-electron chi connectivity index (χ4n) is 5.47. The topological polar surface area (TPSA) is 94.4 Å². The normalized spacial score (nSPS) is 15.1. The molecule has 6 rings (SSSR count). The van der Waals surface area contributed by atoms with E-state index in [0.29, 0.717) is 12.4 Å². The molecule has 2 aromatic carbocycles. The molecule has 188 valence electrons. The molecule has 0 spiro atoms. The molecule has 0 fully saturated rings. The van der Waals surface area contributed by atoms with E-state index >= 15 is 0 Å². The minimum Gasteiger partial charge on any atom is -0.373 e. The number of aryl methyl sites for hydroxylation is 3. The predicted molar refractivity (Wildman–Crippen MR) is 143 cm³/mol. The summed E-state index contributed by atoms with van der Waals surface area (Å²) in [6.07, 6.45) is 3.05. The number of hydrogen-bond acceptors (Lipinski definition) is 6. The Bertz CT molecular complexity index is 1570. The number of nitrogens with one attached hydrogen (secondary N) is 1. The zero-order valence-electron chi connectivity index (χ0n) is 21.7. The lowest BCUT2D eigenvalue weighted by atomic mass is 9.96. The molecule has 0 saturated heterocycles. The van der Waals surface area contributed by atoms with Gasteiger partial charge in [0.05, 0.1) is 24.4 Å². The highest BCUT2D eigenvalue weighted by atomic mass is 16.5. The first kappa shape index (κ1) is 23.5. The molecule has 37 heavy (non-hydrogen) atoms. The highest BCUT2D eigenvalue weighted by molar-refractivity contribution is 5.81. The number of nitrogens with zero attached hydrogens (tertiary/aromatic N) is 6. The van der Waals surface area contributed by atoms with Crippen LogP contribution in [0.5, 0.6) is 0 Å². The van der Waals surface area contributed by atoms with Gasteiger partial charge in [-0.15, -0.1) is 10.2 Å². The van der Waals surface area contributed by atoms with E-state index in [9.17, 15) is 0 Å². The van der Waals surface area contributed by atoms with Gasteiger partial charge in [-0.1, -0.05) is 49.4 Å². The molecule has 0 amide bonds. The monoisotopic (exact) mass is 493 g/mol. The average molecular weight is 494 g/mol. The van der Waals surface area contributed by atoms with E-state index in [1.807, 2.05) is 12.1 Å². The van der Waals surface area contributed by atoms with Crippen molar-refractivity contribution in [3.05, 3.63) is 76.7 Å². The first-order valence-electron chi connectivity index (χ1n) is 13.0. The highest BCUT2D eigenvalue weighted by Gasteiger charge is 2.29. The second-order valence-corrected chi connectivity index (χ2v) is 9.96. The Kier molecular flexibility index (Phi) is 6.04. The number of imidazole rings is 1. The Morgan fingerprint density at radius 1 is 1.08 bits per heavy atom. The van der Waals surface area contributed by atoms with Crippen LogP contribution in [0, 0.1) is 6.92 Å². The quantitative estimate of drug-likeness (QED) is 0.317. The van der Waals surface area contributed by atoms with Gasteiger partial charge in [0.15, 0.2) is 5.65 Å². The predicted octanol–water partition coefficient (Wildman–Crippen LogP) is 5.61. The van der Waals surface area contributed by atoms with Crippen molar-refractivity contribution in [3.63, 3.8) is 0 Å². The molecule has 8 nitrogen and oxygen atoms in total. The summed E-state index contributed by atoms with van der Waals surface area (Å²) in [6.45, 7) is 8.90. The zero-order chi connectivity index (χ0) is 25.5. The van der Waals surface area contributed by atoms with Crippen LogP contribution in [0.25, 0.3) is 33.7 Å². The van der Waals surface area contributed by atoms with Crippen molar-refractivity contribution in [3.8, 4) is 22.5 Å². The lowest BCUT2D eigenvalue weighted by Crippen LogP contribution is -2.12. The van der Waals surface area contributed by atoms with E-state index in [-0.39, 0.29) is 12.1 Å². The smallest absolute Gasteiger partial charge is 0.205 e. The molecule has 8 heteroatoms. The molecular weight excluding hydrogens is 462 g/mol. The van der Waals surface area contributed by atoms with Gasteiger partial charge in [-0.05, 0) is 72.7 Å². The van der Waals surface area contributed by atoms with Crippen LogP contribution in [0.2, 0.25) is 0 Å². The third-order valence-corrected chi connectivity index (χ3v) is 7.17. The molecule has 3 aromatic heterocycles. The molecule has 5 aromatic rings. The highest BCUT2D eigenvalue weighted by Crippen LogP contribution is 2.40. The summed E-state index contributed by atoms with van der Waals surface area (Å²) in [4.78, 5) is 10.1. The number of rotatable bonds is 7. The van der Waals surface area contributed by atoms with E-state index in [0.717, 1.165) is 64.2 Å². The summed E-state index contributed by atoms with van der Waals surface area (Å²) >= 11 is 0. The van der Waals surface area contributed by atoms with Crippen molar-refractivity contribution in [2.24, 2.45) is 0 Å². The van der Waals surface area contributed by atoms with E-state index in [2.05, 4.69) is 89.3 Å². The van der Waals surface area contributed by atoms with Crippen molar-refractivity contribution in [2.45, 2.75) is 65.7 Å². The number of aromatic amines is 1. The maximum atomic E-state index is 5.87. The van der Waals surface area contributed by atoms with Crippen LogP contribution < -0.4 is 0 Å². The number of tetrazole rings is 1. The van der Waals surface area contributed by atoms with Crippen LogP contribution in [0.4, 0.5) is 0 Å². The standard InChI is InChI=1S/C29H31N7O/c1-5-26-31-27-18(4)14-21(16-37-17(2)3)30-29(27)36(26)25-13-11-20-15-19(10-12-23(20)25)22-8-6-7-9-24(22)28-32-34-35-33-28/h6-10,12,14-15,17,25H,5,11,13,16H2,1-4H3,(H,32,33,34,35)/t25-/m0/s1. The molecule has 0 aliphatic heterocycles. The SMILES string of the molecule is CCc1nc2c(C)cc(COC(C)C)nc2n1[C@H]1CCc2cc(-c3ccccc3-c3nn[nH]n3)ccc21. The second-order valence-electron chi connectivity index (χ2n) is 9.96. The van der Waals surface area contributed by atoms with Crippen molar-refractivity contribution in [2.75, 3.05) is 0 Å². The van der Waals surface area contributed by atoms with E-state index in [1.54, 1.807) is 0 Å². The van der Waals surface area contributed by atoms with E-state index < -0.39 is 0 Å². The van der Waals surface area contributed by atoms with Gasteiger partial charge in [0.1, 0.15) is 11.3 Å². The largest absolute Gasteiger partial charge is 0.373 e. The van der Waals surface area contributed by atoms with Gasteiger partial charge in [0, 0.05) is 12.0 Å². The molecule has 1 aliphatic carbocycles. The fraction of sp³-hybridized carbons (Fsp3) is 0.345. The molecule has 3 heterocycles. The lowest BCUT2D eigenvalue weighted by molar-refractivity contribution is 0.0637. The Labute approximate surface area is 216 Å². The average Bonchev–Trinajstić information content (AvgIpc) is 3.65. The molecule has 0 radical (unpaired) electrons. The summed E-state index contributed by atoms with van der Waals surface area (Å²) in [5.74, 6) is 1.68. The number of fused-ring (bicyclic) bond motifs is 2. The summed E-state index contributed by atoms with van der Waals surface area (Å²) in [5.41, 5.74) is 9.99. The summed E-state index contributed by atoms with van der Waals surface area (Å²) in [6, 6.07) is 17.3. The molecular formula is C29H31N7O. The van der Waals surface area contributed by atoms with Crippen LogP contribution in [0.15, 0.2) is 48.5 Å². The van der Waals surface area contributed by atoms with Crippen molar-refractivity contribution < 1.29 is 4.74 Å². The van der Waals surface area contributed by atoms with Crippen LogP contribution in [-0.4, -0.2) is 41.3 Å². The minimum absolute atomic E-state index is 0.162. The third kappa shape index (κ3) is 4.21. The van der Waals surface area contributed by atoms with Gasteiger partial charge >= 0.3 is 0 Å². The number of ether oxygens (including phenoxy) is 1. The Hall–Kier alpha value is -3.91. The van der Waals surface area contributed by atoms with Gasteiger partial charge in [0.2, 0.25) is 5.82 Å². The number of benzene rings is 2. The van der Waals surface area contributed by atoms with Gasteiger partial charge in [0.25, 0.3) is 0 Å². The van der Waals surface area contributed by atoms with Gasteiger partial charge < -0.3 is 9.30 Å². The summed E-state index contributed by atoms with van der Waals surface area (Å²) in [5, 5.41) is 14.7.